The molecule has 1 spiro atoms. The van der Waals surface area contributed by atoms with Crippen LogP contribution in [0.25, 0.3) is 0 Å². The quantitative estimate of drug-likeness (QED) is 0.157. The Balaban J connectivity index is 1.37. The number of halogens is 2. The van der Waals surface area contributed by atoms with Crippen LogP contribution in [0.4, 0.5) is 5.69 Å². The number of carboxylic acids is 1. The predicted molar refractivity (Wildman–Crippen MR) is 217 cm³/mol. The van der Waals surface area contributed by atoms with Crippen LogP contribution in [0.2, 0.25) is 10.0 Å². The molecule has 2 aliphatic heterocycles. The van der Waals surface area contributed by atoms with E-state index in [1.165, 1.54) is 13.8 Å². The SMILES string of the molecule is CC(C)S(=O)(=O)NC(=O)c1ccc(CN2C[C@]3(c4cc(Cl)ccc42)[C@H](CC(C)(C)C)N[C@@H](C(=O)NC2CCC(CC(=O)O)CC2)[C@@H]3c2ccccc2Cl)cc1. The van der Waals surface area contributed by atoms with Crippen molar-refractivity contribution in [2.24, 2.45) is 11.3 Å². The van der Waals surface area contributed by atoms with Crippen molar-refractivity contribution in [2.75, 3.05) is 11.4 Å². The van der Waals surface area contributed by atoms with E-state index in [0.29, 0.717) is 23.1 Å². The number of benzene rings is 3. The third kappa shape index (κ3) is 8.85. The predicted octanol–water partition coefficient (Wildman–Crippen LogP) is 7.43. The van der Waals surface area contributed by atoms with Gasteiger partial charge in [0.25, 0.3) is 5.91 Å². The van der Waals surface area contributed by atoms with Gasteiger partial charge in [0.1, 0.15) is 0 Å². The molecule has 1 aliphatic carbocycles. The average molecular weight is 812 g/mol. The average Bonchev–Trinajstić information content (AvgIpc) is 3.58. The first-order chi connectivity index (χ1) is 25.9. The molecule has 3 aliphatic rings. The Bertz CT molecular complexity index is 2030. The Hall–Kier alpha value is -3.64. The standard InChI is InChI=1S/C42H52Cl2N4O6S/c1-25(2)55(53,54)47-39(51)28-14-10-27(11-15-28)23-48-24-42(32-21-29(43)16-19-34(32)48)35(22-41(3,4)5)46-38(37(42)31-8-6-7-9-33(31)44)40(52)45-30-17-12-26(13-18-30)20-36(49)50/h6-11,14-16,19,21,25-26,30,35,37-38,46H,12-13,17-18,20,22-24H2,1-5H3,(H,45,52)(H,47,51)(H,49,50)/t26?,30?,35-,37-,38+,42-/m0/s1. The lowest BCUT2D eigenvalue weighted by atomic mass is 9.63. The van der Waals surface area contributed by atoms with Gasteiger partial charge in [0, 0.05) is 64.2 Å². The summed E-state index contributed by atoms with van der Waals surface area (Å²) in [6, 6.07) is 19.8. The lowest BCUT2D eigenvalue weighted by molar-refractivity contribution is -0.138. The second kappa shape index (κ2) is 16.1. The Labute approximate surface area is 334 Å². The zero-order chi connectivity index (χ0) is 39.9. The molecule has 13 heteroatoms. The van der Waals surface area contributed by atoms with Gasteiger partial charge in [-0.1, -0.05) is 74.3 Å². The van der Waals surface area contributed by atoms with Gasteiger partial charge in [-0.25, -0.2) is 13.1 Å². The van der Waals surface area contributed by atoms with Crippen molar-refractivity contribution in [1.82, 2.24) is 15.4 Å². The van der Waals surface area contributed by atoms with Crippen molar-refractivity contribution in [2.45, 2.75) is 114 Å². The summed E-state index contributed by atoms with van der Waals surface area (Å²) in [7, 11) is -3.78. The van der Waals surface area contributed by atoms with Crippen molar-refractivity contribution in [3.63, 3.8) is 0 Å². The monoisotopic (exact) mass is 810 g/mol. The Morgan fingerprint density at radius 2 is 1.65 bits per heavy atom. The highest BCUT2D eigenvalue weighted by molar-refractivity contribution is 7.90. The van der Waals surface area contributed by atoms with Crippen LogP contribution in [0.5, 0.6) is 0 Å². The van der Waals surface area contributed by atoms with Crippen molar-refractivity contribution < 1.29 is 27.9 Å². The molecule has 1 saturated heterocycles. The summed E-state index contributed by atoms with van der Waals surface area (Å²) in [5.41, 5.74) is 3.29. The highest BCUT2D eigenvalue weighted by atomic mass is 35.5. The Morgan fingerprint density at radius 1 is 0.982 bits per heavy atom. The summed E-state index contributed by atoms with van der Waals surface area (Å²) in [4.78, 5) is 41.1. The fourth-order valence-corrected chi connectivity index (χ4v) is 9.96. The normalized spacial score (nSPS) is 25.2. The molecule has 0 aromatic heterocycles. The van der Waals surface area contributed by atoms with Gasteiger partial charge in [-0.05, 0) is 110 Å². The van der Waals surface area contributed by atoms with Crippen molar-refractivity contribution in [3.05, 3.63) is 99.0 Å². The van der Waals surface area contributed by atoms with E-state index in [1.54, 1.807) is 12.1 Å². The van der Waals surface area contributed by atoms with E-state index in [-0.39, 0.29) is 47.2 Å². The maximum absolute atomic E-state index is 14.7. The number of rotatable bonds is 11. The number of amides is 2. The molecule has 2 fully saturated rings. The Morgan fingerprint density at radius 3 is 2.27 bits per heavy atom. The van der Waals surface area contributed by atoms with Gasteiger partial charge in [-0.15, -0.1) is 0 Å². The topological polar surface area (TPSA) is 145 Å². The highest BCUT2D eigenvalue weighted by Crippen LogP contribution is 2.58. The molecule has 3 aromatic rings. The molecular weight excluding hydrogens is 759 g/mol. The number of carboxylic acid groups (broad SMARTS) is 1. The number of carbonyl (C=O) groups excluding carboxylic acids is 2. The van der Waals surface area contributed by atoms with Gasteiger partial charge in [0.15, 0.2) is 0 Å². The summed E-state index contributed by atoms with van der Waals surface area (Å²) in [5, 5.41) is 17.0. The van der Waals surface area contributed by atoms with Crippen LogP contribution in [-0.2, 0) is 31.6 Å². The minimum absolute atomic E-state index is 0.0544. The van der Waals surface area contributed by atoms with Gasteiger partial charge in [0.2, 0.25) is 15.9 Å². The molecule has 10 nitrogen and oxygen atoms in total. The van der Waals surface area contributed by atoms with E-state index in [0.717, 1.165) is 54.5 Å². The van der Waals surface area contributed by atoms with Crippen molar-refractivity contribution >= 4 is 56.7 Å². The molecular formula is C42H52Cl2N4O6S. The minimum atomic E-state index is -3.78. The first kappa shape index (κ1) is 41.0. The number of hydrogen-bond acceptors (Lipinski definition) is 7. The van der Waals surface area contributed by atoms with Crippen LogP contribution in [0.1, 0.15) is 106 Å². The van der Waals surface area contributed by atoms with Crippen LogP contribution in [0.3, 0.4) is 0 Å². The summed E-state index contributed by atoms with van der Waals surface area (Å²) in [5.74, 6) is -1.83. The number of anilines is 1. The molecule has 0 unspecified atom stereocenters. The summed E-state index contributed by atoms with van der Waals surface area (Å²) >= 11 is 13.9. The second-order valence-corrected chi connectivity index (χ2v) is 20.1. The van der Waals surface area contributed by atoms with Crippen molar-refractivity contribution in [3.8, 4) is 0 Å². The van der Waals surface area contributed by atoms with Gasteiger partial charge < -0.3 is 20.6 Å². The highest BCUT2D eigenvalue weighted by Gasteiger charge is 2.62. The molecule has 4 atom stereocenters. The van der Waals surface area contributed by atoms with E-state index >= 15 is 0 Å². The van der Waals surface area contributed by atoms with Gasteiger partial charge in [0.05, 0.1) is 11.3 Å². The molecule has 2 amide bonds. The zero-order valence-electron chi connectivity index (χ0n) is 32.1. The summed E-state index contributed by atoms with van der Waals surface area (Å²) in [6.07, 6.45) is 3.86. The van der Waals surface area contributed by atoms with Crippen molar-refractivity contribution in [1.29, 1.82) is 0 Å². The lowest BCUT2D eigenvalue weighted by Crippen LogP contribution is -2.49. The number of aliphatic carboxylic acids is 1. The third-order valence-corrected chi connectivity index (χ3v) is 13.9. The third-order valence-electron chi connectivity index (χ3n) is 11.6. The maximum atomic E-state index is 14.7. The largest absolute Gasteiger partial charge is 0.481 e. The summed E-state index contributed by atoms with van der Waals surface area (Å²) in [6.45, 7) is 10.7. The van der Waals surface area contributed by atoms with E-state index in [9.17, 15) is 27.9 Å². The minimum Gasteiger partial charge on any atom is -0.481 e. The number of hydrogen-bond donors (Lipinski definition) is 4. The van der Waals surface area contributed by atoms with E-state index in [2.05, 4.69) is 41.0 Å². The zero-order valence-corrected chi connectivity index (χ0v) is 34.4. The van der Waals surface area contributed by atoms with Crippen LogP contribution >= 0.6 is 23.2 Å². The number of fused-ring (bicyclic) bond motifs is 2. The lowest BCUT2D eigenvalue weighted by Gasteiger charge is -2.40. The molecule has 3 aromatic carbocycles. The molecule has 0 radical (unpaired) electrons. The van der Waals surface area contributed by atoms with Crippen LogP contribution < -0.4 is 20.3 Å². The Kier molecular flexibility index (Phi) is 12.0. The van der Waals surface area contributed by atoms with Gasteiger partial charge in [-0.3, -0.25) is 14.4 Å². The molecule has 296 valence electrons. The molecule has 4 N–H and O–H groups in total. The maximum Gasteiger partial charge on any atom is 0.303 e. The molecule has 0 bridgehead atoms. The molecule has 6 rings (SSSR count). The van der Waals surface area contributed by atoms with Crippen LogP contribution in [0, 0.1) is 11.3 Å². The smallest absolute Gasteiger partial charge is 0.303 e. The van der Waals surface area contributed by atoms with E-state index in [4.69, 9.17) is 23.2 Å². The number of sulfonamides is 1. The van der Waals surface area contributed by atoms with Gasteiger partial charge >= 0.3 is 5.97 Å². The first-order valence-electron chi connectivity index (χ1n) is 19.1. The second-order valence-electron chi connectivity index (χ2n) is 17.1. The summed E-state index contributed by atoms with van der Waals surface area (Å²) < 4.78 is 26.8. The molecule has 1 saturated carbocycles. The van der Waals surface area contributed by atoms with E-state index in [1.807, 2.05) is 54.6 Å². The first-order valence-corrected chi connectivity index (χ1v) is 21.4. The van der Waals surface area contributed by atoms with Gasteiger partial charge in [-0.2, -0.15) is 0 Å². The van der Waals surface area contributed by atoms with Crippen LogP contribution in [-0.4, -0.2) is 61.2 Å². The fourth-order valence-electron chi connectivity index (χ4n) is 8.93. The number of nitrogens with one attached hydrogen (secondary N) is 3. The fraction of sp³-hybridized carbons (Fsp3) is 0.500. The van der Waals surface area contributed by atoms with Crippen LogP contribution in [0.15, 0.2) is 66.7 Å². The van der Waals surface area contributed by atoms with E-state index < -0.39 is 38.6 Å². The molecule has 2 heterocycles. The number of carbonyl (C=O) groups is 3. The number of nitrogens with zero attached hydrogens (tertiary/aromatic N) is 1. The molecule has 55 heavy (non-hydrogen) atoms.